The minimum absolute atomic E-state index is 0.154. The first-order valence-electron chi connectivity index (χ1n) is 5.70. The zero-order valence-electron chi connectivity index (χ0n) is 9.56. The molecule has 0 spiro atoms. The SMILES string of the molecule is NNc1cc(NCC2CCC(O)C2)nc(N)n1. The van der Waals surface area contributed by atoms with Crippen LogP contribution in [-0.4, -0.2) is 27.7 Å². The van der Waals surface area contributed by atoms with Crippen LogP contribution in [0.4, 0.5) is 17.6 Å². The molecule has 1 aliphatic carbocycles. The number of hydrogen-bond donors (Lipinski definition) is 5. The Bertz CT molecular complexity index is 385. The molecule has 17 heavy (non-hydrogen) atoms. The van der Waals surface area contributed by atoms with E-state index in [0.29, 0.717) is 17.6 Å². The number of aliphatic hydroxyl groups is 1. The van der Waals surface area contributed by atoms with Crippen molar-refractivity contribution in [2.45, 2.75) is 25.4 Å². The van der Waals surface area contributed by atoms with E-state index in [2.05, 4.69) is 20.7 Å². The summed E-state index contributed by atoms with van der Waals surface area (Å²) >= 11 is 0. The Hall–Kier alpha value is -1.60. The number of aliphatic hydroxyl groups excluding tert-OH is 1. The second-order valence-electron chi connectivity index (χ2n) is 4.35. The first kappa shape index (κ1) is 11.9. The van der Waals surface area contributed by atoms with Crippen LogP contribution in [0.3, 0.4) is 0 Å². The number of anilines is 3. The molecule has 2 unspecified atom stereocenters. The second-order valence-corrected chi connectivity index (χ2v) is 4.35. The first-order valence-corrected chi connectivity index (χ1v) is 5.70. The van der Waals surface area contributed by atoms with Gasteiger partial charge in [0.2, 0.25) is 5.95 Å². The highest BCUT2D eigenvalue weighted by Crippen LogP contribution is 2.25. The van der Waals surface area contributed by atoms with Crippen molar-refractivity contribution in [2.24, 2.45) is 11.8 Å². The zero-order valence-corrected chi connectivity index (χ0v) is 9.56. The summed E-state index contributed by atoms with van der Waals surface area (Å²) in [5.41, 5.74) is 7.98. The van der Waals surface area contributed by atoms with Crippen molar-refractivity contribution < 1.29 is 5.11 Å². The van der Waals surface area contributed by atoms with Crippen LogP contribution in [0.25, 0.3) is 0 Å². The predicted molar refractivity (Wildman–Crippen MR) is 66.1 cm³/mol. The Labute approximate surface area is 99.6 Å². The van der Waals surface area contributed by atoms with Crippen LogP contribution < -0.4 is 22.3 Å². The lowest BCUT2D eigenvalue weighted by Crippen LogP contribution is -2.15. The van der Waals surface area contributed by atoms with Crippen molar-refractivity contribution in [1.82, 2.24) is 9.97 Å². The lowest BCUT2D eigenvalue weighted by Gasteiger charge is -2.12. The van der Waals surface area contributed by atoms with Gasteiger partial charge < -0.3 is 21.6 Å². The predicted octanol–water partition coefficient (Wildman–Crippen LogP) is -0.0827. The number of nitrogens with zero attached hydrogens (tertiary/aromatic N) is 2. The number of nitrogens with two attached hydrogens (primary N) is 2. The molecule has 0 aromatic carbocycles. The molecule has 7 heteroatoms. The quantitative estimate of drug-likeness (QED) is 0.367. The summed E-state index contributed by atoms with van der Waals surface area (Å²) in [5, 5.41) is 12.6. The van der Waals surface area contributed by atoms with Gasteiger partial charge in [0.1, 0.15) is 11.6 Å². The standard InChI is InChI=1S/C10H18N6O/c11-10-14-8(4-9(15-10)16-12)13-5-6-1-2-7(17)3-6/h4,6-7,17H,1-3,5,12H2,(H4,11,13,14,15,16). The third-order valence-corrected chi connectivity index (χ3v) is 2.98. The van der Waals surface area contributed by atoms with Gasteiger partial charge in [0, 0.05) is 12.6 Å². The third kappa shape index (κ3) is 3.18. The Balaban J connectivity index is 1.92. The van der Waals surface area contributed by atoms with Crippen molar-refractivity contribution in [3.63, 3.8) is 0 Å². The van der Waals surface area contributed by atoms with Gasteiger partial charge in [0.25, 0.3) is 0 Å². The second kappa shape index (κ2) is 5.15. The summed E-state index contributed by atoms with van der Waals surface area (Å²) in [5.74, 6) is 7.05. The van der Waals surface area contributed by atoms with Gasteiger partial charge in [-0.05, 0) is 25.2 Å². The number of aromatic nitrogens is 2. The fourth-order valence-corrected chi connectivity index (χ4v) is 2.11. The van der Waals surface area contributed by atoms with Crippen molar-refractivity contribution >= 4 is 17.6 Å². The summed E-state index contributed by atoms with van der Waals surface area (Å²) in [4.78, 5) is 7.95. The number of rotatable bonds is 4. The molecule has 2 rings (SSSR count). The average molecular weight is 238 g/mol. The topological polar surface area (TPSA) is 122 Å². The van der Waals surface area contributed by atoms with E-state index in [9.17, 15) is 5.11 Å². The maximum absolute atomic E-state index is 9.42. The largest absolute Gasteiger partial charge is 0.393 e. The van der Waals surface area contributed by atoms with Gasteiger partial charge in [-0.15, -0.1) is 0 Å². The maximum Gasteiger partial charge on any atom is 0.223 e. The van der Waals surface area contributed by atoms with Crippen molar-refractivity contribution in [2.75, 3.05) is 23.0 Å². The fraction of sp³-hybridized carbons (Fsp3) is 0.600. The molecule has 94 valence electrons. The van der Waals surface area contributed by atoms with Gasteiger partial charge in [0.15, 0.2) is 0 Å². The molecule has 1 aromatic rings. The summed E-state index contributed by atoms with van der Waals surface area (Å²) in [6, 6.07) is 1.70. The molecule has 1 fully saturated rings. The van der Waals surface area contributed by atoms with Gasteiger partial charge in [-0.3, -0.25) is 0 Å². The summed E-state index contributed by atoms with van der Waals surface area (Å²) in [6.45, 7) is 0.775. The highest BCUT2D eigenvalue weighted by molar-refractivity contribution is 5.50. The number of hydrazine groups is 1. The number of hydrogen-bond acceptors (Lipinski definition) is 7. The van der Waals surface area contributed by atoms with E-state index in [-0.39, 0.29) is 12.1 Å². The highest BCUT2D eigenvalue weighted by Gasteiger charge is 2.22. The van der Waals surface area contributed by atoms with E-state index < -0.39 is 0 Å². The molecule has 0 aliphatic heterocycles. The Morgan fingerprint density at radius 1 is 1.35 bits per heavy atom. The van der Waals surface area contributed by atoms with E-state index in [1.54, 1.807) is 6.07 Å². The maximum atomic E-state index is 9.42. The molecule has 2 atom stereocenters. The van der Waals surface area contributed by atoms with Crippen molar-refractivity contribution in [3.05, 3.63) is 6.07 Å². The molecular weight excluding hydrogens is 220 g/mol. The molecule has 0 bridgehead atoms. The van der Waals surface area contributed by atoms with E-state index in [0.717, 1.165) is 25.8 Å². The summed E-state index contributed by atoms with van der Waals surface area (Å²) in [7, 11) is 0. The molecule has 7 N–H and O–H groups in total. The molecule has 7 nitrogen and oxygen atoms in total. The molecule has 0 amide bonds. The van der Waals surface area contributed by atoms with Gasteiger partial charge in [-0.1, -0.05) is 0 Å². The molecule has 1 aliphatic rings. The lowest BCUT2D eigenvalue weighted by atomic mass is 10.1. The van der Waals surface area contributed by atoms with Crippen molar-refractivity contribution in [3.8, 4) is 0 Å². The average Bonchev–Trinajstić information content (AvgIpc) is 2.72. The highest BCUT2D eigenvalue weighted by atomic mass is 16.3. The van der Waals surface area contributed by atoms with Crippen LogP contribution in [-0.2, 0) is 0 Å². The van der Waals surface area contributed by atoms with Gasteiger partial charge >= 0.3 is 0 Å². The fourth-order valence-electron chi connectivity index (χ4n) is 2.11. The first-order chi connectivity index (χ1) is 8.17. The molecule has 1 saturated carbocycles. The lowest BCUT2D eigenvalue weighted by molar-refractivity contribution is 0.178. The van der Waals surface area contributed by atoms with Crippen LogP contribution >= 0.6 is 0 Å². The number of nitrogens with one attached hydrogen (secondary N) is 2. The van der Waals surface area contributed by atoms with E-state index in [1.165, 1.54) is 0 Å². The molecular formula is C10H18N6O. The van der Waals surface area contributed by atoms with Gasteiger partial charge in [0.05, 0.1) is 6.10 Å². The summed E-state index contributed by atoms with van der Waals surface area (Å²) < 4.78 is 0. The number of nitrogen functional groups attached to an aromatic ring is 2. The Kier molecular flexibility index (Phi) is 3.60. The summed E-state index contributed by atoms with van der Waals surface area (Å²) in [6.07, 6.45) is 2.61. The minimum Gasteiger partial charge on any atom is -0.393 e. The third-order valence-electron chi connectivity index (χ3n) is 2.98. The molecule has 0 saturated heterocycles. The van der Waals surface area contributed by atoms with Crippen LogP contribution in [0.15, 0.2) is 6.07 Å². The van der Waals surface area contributed by atoms with Gasteiger partial charge in [-0.2, -0.15) is 9.97 Å². The minimum atomic E-state index is -0.154. The van der Waals surface area contributed by atoms with Gasteiger partial charge in [-0.25, -0.2) is 5.84 Å². The molecule has 1 heterocycles. The van der Waals surface area contributed by atoms with E-state index in [1.807, 2.05) is 0 Å². The smallest absolute Gasteiger partial charge is 0.223 e. The van der Waals surface area contributed by atoms with E-state index in [4.69, 9.17) is 11.6 Å². The normalized spacial score (nSPS) is 23.6. The molecule has 1 aromatic heterocycles. The van der Waals surface area contributed by atoms with Crippen LogP contribution in [0.2, 0.25) is 0 Å². The zero-order chi connectivity index (χ0) is 12.3. The monoisotopic (exact) mass is 238 g/mol. The Morgan fingerprint density at radius 2 is 2.12 bits per heavy atom. The van der Waals surface area contributed by atoms with Crippen LogP contribution in [0.5, 0.6) is 0 Å². The van der Waals surface area contributed by atoms with Crippen LogP contribution in [0, 0.1) is 5.92 Å². The van der Waals surface area contributed by atoms with Crippen molar-refractivity contribution in [1.29, 1.82) is 0 Å². The molecule has 0 radical (unpaired) electrons. The Morgan fingerprint density at radius 3 is 2.76 bits per heavy atom. The van der Waals surface area contributed by atoms with Crippen LogP contribution in [0.1, 0.15) is 19.3 Å². The van der Waals surface area contributed by atoms with E-state index >= 15 is 0 Å².